The van der Waals surface area contributed by atoms with E-state index < -0.39 is 0 Å². The summed E-state index contributed by atoms with van der Waals surface area (Å²) in [5, 5.41) is 4.48. The van der Waals surface area contributed by atoms with Crippen LogP contribution < -0.4 is 5.73 Å². The highest BCUT2D eigenvalue weighted by Gasteiger charge is 2.07. The first-order chi connectivity index (χ1) is 8.38. The number of benzene rings is 1. The average molecular weight is 224 g/mol. The fraction of sp³-hybridized carbons (Fsp3) is 0.0769. The van der Waals surface area contributed by atoms with Crippen LogP contribution in [0.2, 0.25) is 0 Å². The van der Waals surface area contributed by atoms with Crippen molar-refractivity contribution in [2.45, 2.75) is 6.54 Å². The van der Waals surface area contributed by atoms with E-state index in [-0.39, 0.29) is 0 Å². The zero-order valence-corrected chi connectivity index (χ0v) is 9.24. The SMILES string of the molecule is NCc1cccc2nc(-c3ccccc3)nn12. The molecule has 0 aliphatic carbocycles. The maximum absolute atomic E-state index is 5.68. The smallest absolute Gasteiger partial charge is 0.182 e. The van der Waals surface area contributed by atoms with Crippen molar-refractivity contribution >= 4 is 5.65 Å². The summed E-state index contributed by atoms with van der Waals surface area (Å²) >= 11 is 0. The molecule has 0 atom stereocenters. The predicted octanol–water partition coefficient (Wildman–Crippen LogP) is 1.85. The summed E-state index contributed by atoms with van der Waals surface area (Å²) in [6.07, 6.45) is 0. The second-order valence-corrected chi connectivity index (χ2v) is 3.79. The molecular formula is C13H12N4. The fourth-order valence-electron chi connectivity index (χ4n) is 1.82. The highest BCUT2D eigenvalue weighted by atomic mass is 15.3. The molecule has 17 heavy (non-hydrogen) atoms. The Hall–Kier alpha value is -2.20. The molecule has 1 aromatic carbocycles. The second kappa shape index (κ2) is 3.99. The molecule has 0 aliphatic heterocycles. The molecule has 0 fully saturated rings. The van der Waals surface area contributed by atoms with Gasteiger partial charge < -0.3 is 5.73 Å². The summed E-state index contributed by atoms with van der Waals surface area (Å²) in [5.41, 5.74) is 8.47. The van der Waals surface area contributed by atoms with Crippen LogP contribution in [0.5, 0.6) is 0 Å². The van der Waals surface area contributed by atoms with Crippen molar-refractivity contribution in [1.29, 1.82) is 0 Å². The van der Waals surface area contributed by atoms with Gasteiger partial charge in [-0.1, -0.05) is 36.4 Å². The molecule has 0 radical (unpaired) electrons. The number of hydrogen-bond donors (Lipinski definition) is 1. The Labute approximate surface area is 98.7 Å². The van der Waals surface area contributed by atoms with Gasteiger partial charge in [0.1, 0.15) is 0 Å². The van der Waals surface area contributed by atoms with Gasteiger partial charge in [0.15, 0.2) is 11.5 Å². The van der Waals surface area contributed by atoms with E-state index in [1.54, 1.807) is 4.52 Å². The number of nitrogens with zero attached hydrogens (tertiary/aromatic N) is 3. The Balaban J connectivity index is 2.20. The van der Waals surface area contributed by atoms with Crippen LogP contribution in [0, 0.1) is 0 Å². The van der Waals surface area contributed by atoms with E-state index in [1.165, 1.54) is 0 Å². The zero-order valence-electron chi connectivity index (χ0n) is 9.24. The van der Waals surface area contributed by atoms with Gasteiger partial charge in [-0.25, -0.2) is 9.50 Å². The van der Waals surface area contributed by atoms with Crippen molar-refractivity contribution in [1.82, 2.24) is 14.6 Å². The van der Waals surface area contributed by atoms with Gasteiger partial charge in [-0.15, -0.1) is 5.10 Å². The molecule has 0 spiro atoms. The summed E-state index contributed by atoms with van der Waals surface area (Å²) in [6, 6.07) is 15.8. The van der Waals surface area contributed by atoms with E-state index in [1.807, 2.05) is 48.5 Å². The van der Waals surface area contributed by atoms with Gasteiger partial charge >= 0.3 is 0 Å². The Morgan fingerprint density at radius 2 is 1.82 bits per heavy atom. The van der Waals surface area contributed by atoms with Crippen molar-refractivity contribution < 1.29 is 0 Å². The third-order valence-electron chi connectivity index (χ3n) is 2.68. The van der Waals surface area contributed by atoms with E-state index in [0.29, 0.717) is 6.54 Å². The number of nitrogens with two attached hydrogens (primary N) is 1. The van der Waals surface area contributed by atoms with E-state index in [9.17, 15) is 0 Å². The lowest BCUT2D eigenvalue weighted by molar-refractivity contribution is 0.852. The van der Waals surface area contributed by atoms with E-state index in [2.05, 4.69) is 10.1 Å². The van der Waals surface area contributed by atoms with Crippen LogP contribution in [0.15, 0.2) is 48.5 Å². The minimum absolute atomic E-state index is 0.453. The molecule has 3 aromatic rings. The van der Waals surface area contributed by atoms with Gasteiger partial charge in [-0.05, 0) is 12.1 Å². The lowest BCUT2D eigenvalue weighted by atomic mass is 10.2. The summed E-state index contributed by atoms with van der Waals surface area (Å²) in [5.74, 6) is 0.728. The second-order valence-electron chi connectivity index (χ2n) is 3.79. The van der Waals surface area contributed by atoms with Crippen LogP contribution in [-0.4, -0.2) is 14.6 Å². The average Bonchev–Trinajstić information content (AvgIpc) is 2.83. The maximum atomic E-state index is 5.68. The Bertz CT molecular complexity index is 643. The van der Waals surface area contributed by atoms with Crippen LogP contribution >= 0.6 is 0 Å². The Morgan fingerprint density at radius 3 is 2.59 bits per heavy atom. The molecule has 2 heterocycles. The molecule has 84 valence electrons. The summed E-state index contributed by atoms with van der Waals surface area (Å²) < 4.78 is 1.79. The van der Waals surface area contributed by atoms with Crippen molar-refractivity contribution in [2.24, 2.45) is 5.73 Å². The van der Waals surface area contributed by atoms with E-state index in [0.717, 1.165) is 22.7 Å². The van der Waals surface area contributed by atoms with Gasteiger partial charge in [0, 0.05) is 12.1 Å². The quantitative estimate of drug-likeness (QED) is 0.722. The van der Waals surface area contributed by atoms with Gasteiger partial charge in [0.25, 0.3) is 0 Å². The molecule has 4 nitrogen and oxygen atoms in total. The highest BCUT2D eigenvalue weighted by molar-refractivity contribution is 5.58. The molecule has 0 bridgehead atoms. The third-order valence-corrected chi connectivity index (χ3v) is 2.68. The van der Waals surface area contributed by atoms with Crippen molar-refractivity contribution in [2.75, 3.05) is 0 Å². The Kier molecular flexibility index (Phi) is 2.34. The zero-order chi connectivity index (χ0) is 11.7. The van der Waals surface area contributed by atoms with Crippen LogP contribution in [0.25, 0.3) is 17.0 Å². The lowest BCUT2D eigenvalue weighted by Crippen LogP contribution is -2.04. The minimum Gasteiger partial charge on any atom is -0.325 e. The van der Waals surface area contributed by atoms with Crippen molar-refractivity contribution in [3.8, 4) is 11.4 Å². The van der Waals surface area contributed by atoms with Crippen LogP contribution in [0.4, 0.5) is 0 Å². The number of rotatable bonds is 2. The normalized spacial score (nSPS) is 10.9. The minimum atomic E-state index is 0.453. The molecule has 0 unspecified atom stereocenters. The number of pyridine rings is 1. The summed E-state index contributed by atoms with van der Waals surface area (Å²) in [7, 11) is 0. The van der Waals surface area contributed by atoms with E-state index >= 15 is 0 Å². The van der Waals surface area contributed by atoms with Gasteiger partial charge in [-0.3, -0.25) is 0 Å². The first-order valence-electron chi connectivity index (χ1n) is 5.48. The topological polar surface area (TPSA) is 56.2 Å². The van der Waals surface area contributed by atoms with Crippen molar-refractivity contribution in [3.63, 3.8) is 0 Å². The summed E-state index contributed by atoms with van der Waals surface area (Å²) in [6.45, 7) is 0.453. The lowest BCUT2D eigenvalue weighted by Gasteiger charge is -1.98. The summed E-state index contributed by atoms with van der Waals surface area (Å²) in [4.78, 5) is 4.49. The fourth-order valence-corrected chi connectivity index (χ4v) is 1.82. The number of fused-ring (bicyclic) bond motifs is 1. The van der Waals surface area contributed by atoms with Crippen molar-refractivity contribution in [3.05, 3.63) is 54.2 Å². The number of hydrogen-bond acceptors (Lipinski definition) is 3. The monoisotopic (exact) mass is 224 g/mol. The standard InChI is InChI=1S/C13H12N4/c14-9-11-7-4-8-12-15-13(16-17(11)12)10-5-2-1-3-6-10/h1-8H,9,14H2. The molecule has 4 heteroatoms. The van der Waals surface area contributed by atoms with E-state index in [4.69, 9.17) is 5.73 Å². The Morgan fingerprint density at radius 1 is 1.00 bits per heavy atom. The first kappa shape index (κ1) is 9.99. The molecule has 2 aromatic heterocycles. The molecule has 0 saturated carbocycles. The van der Waals surface area contributed by atoms with Gasteiger partial charge in [0.05, 0.1) is 5.69 Å². The van der Waals surface area contributed by atoms with Crippen LogP contribution in [0.3, 0.4) is 0 Å². The highest BCUT2D eigenvalue weighted by Crippen LogP contribution is 2.16. The molecule has 0 amide bonds. The molecule has 3 rings (SSSR count). The van der Waals surface area contributed by atoms with Crippen LogP contribution in [0.1, 0.15) is 5.69 Å². The molecule has 0 saturated heterocycles. The molecular weight excluding hydrogens is 212 g/mol. The maximum Gasteiger partial charge on any atom is 0.182 e. The first-order valence-corrected chi connectivity index (χ1v) is 5.48. The molecule has 0 aliphatic rings. The largest absolute Gasteiger partial charge is 0.325 e. The van der Waals surface area contributed by atoms with Gasteiger partial charge in [-0.2, -0.15) is 0 Å². The molecule has 2 N–H and O–H groups in total. The predicted molar refractivity (Wildman–Crippen MR) is 66.3 cm³/mol. The third kappa shape index (κ3) is 1.68. The van der Waals surface area contributed by atoms with Crippen LogP contribution in [-0.2, 0) is 6.54 Å². The van der Waals surface area contributed by atoms with Gasteiger partial charge in [0.2, 0.25) is 0 Å². The number of aromatic nitrogens is 3.